The minimum Gasteiger partial charge on any atom is -0.496 e. The molecule has 0 radical (unpaired) electrons. The Labute approximate surface area is 55.3 Å². The van der Waals surface area contributed by atoms with Crippen LogP contribution in [0.25, 0.3) is 0 Å². The lowest BCUT2D eigenvalue weighted by molar-refractivity contribution is 0.139. The Balaban J connectivity index is 3.06. The van der Waals surface area contributed by atoms with Crippen LogP contribution in [0.3, 0.4) is 0 Å². The van der Waals surface area contributed by atoms with Gasteiger partial charge in [0.15, 0.2) is 0 Å². The van der Waals surface area contributed by atoms with E-state index in [0.29, 0.717) is 6.61 Å². The first kappa shape index (κ1) is 8.58. The first-order valence-electron chi connectivity index (χ1n) is 2.71. The summed E-state index contributed by atoms with van der Waals surface area (Å²) in [5.41, 5.74) is 0. The highest BCUT2D eigenvalue weighted by atomic mass is 28.3. The van der Waals surface area contributed by atoms with Crippen molar-refractivity contribution in [3.63, 3.8) is 0 Å². The summed E-state index contributed by atoms with van der Waals surface area (Å²) in [6.45, 7) is 2.06. The van der Waals surface area contributed by atoms with Crippen molar-refractivity contribution in [1.29, 1.82) is 0 Å². The van der Waals surface area contributed by atoms with E-state index in [9.17, 15) is 4.46 Å². The molecule has 0 aliphatic heterocycles. The summed E-state index contributed by atoms with van der Waals surface area (Å²) < 4.78 is 19.5. The van der Waals surface area contributed by atoms with Crippen LogP contribution in [-0.4, -0.2) is 34.1 Å². The van der Waals surface area contributed by atoms with Crippen LogP contribution in [0.4, 0.5) is 0 Å². The maximum absolute atomic E-state index is 10.4. The molecule has 54 valence electrons. The summed E-state index contributed by atoms with van der Waals surface area (Å²) in [7, 11) is -2.31. The van der Waals surface area contributed by atoms with E-state index in [0.717, 1.165) is 0 Å². The maximum Gasteiger partial charge on any atom is 0.767 e. The Morgan fingerprint density at radius 2 is 2.22 bits per heavy atom. The molecule has 0 fully saturated rings. The molecule has 0 aliphatic rings. The lowest BCUT2D eigenvalue weighted by Crippen LogP contribution is -2.14. The van der Waals surface area contributed by atoms with Gasteiger partial charge in [-0.2, -0.15) is 0 Å². The van der Waals surface area contributed by atoms with Gasteiger partial charge in [-0.1, -0.05) is 0 Å². The molecule has 0 heterocycles. The van der Waals surface area contributed by atoms with Gasteiger partial charge < -0.3 is 14.0 Å². The van der Waals surface area contributed by atoms with Gasteiger partial charge in [-0.15, -0.1) is 0 Å². The summed E-state index contributed by atoms with van der Waals surface area (Å²) in [6, 6.07) is 0. The molecule has 0 atom stereocenters. The Bertz CT molecular complexity index is 84.6. The first-order valence-corrected chi connectivity index (χ1v) is 3.94. The van der Waals surface area contributed by atoms with E-state index in [4.69, 9.17) is 5.11 Å². The fraction of sp³-hybridized carbons (Fsp3) is 1.00. The molecule has 0 aromatic rings. The quantitative estimate of drug-likeness (QED) is 0.534. The van der Waals surface area contributed by atoms with E-state index in [-0.39, 0.29) is 13.2 Å². The topological polar surface area (TPSA) is 55.8 Å². The van der Waals surface area contributed by atoms with Gasteiger partial charge in [0.05, 0.1) is 19.8 Å². The van der Waals surface area contributed by atoms with Crippen LogP contribution in [0.15, 0.2) is 0 Å². The highest BCUT2D eigenvalue weighted by Gasteiger charge is 2.07. The summed E-state index contributed by atoms with van der Waals surface area (Å²) in [6.07, 6.45) is 0. The van der Waals surface area contributed by atoms with E-state index in [1.54, 1.807) is 6.92 Å². The largest absolute Gasteiger partial charge is 0.767 e. The Morgan fingerprint density at radius 3 is 2.67 bits per heavy atom. The molecule has 0 aromatic carbocycles. The van der Waals surface area contributed by atoms with Gasteiger partial charge in [0.2, 0.25) is 0 Å². The van der Waals surface area contributed by atoms with E-state index >= 15 is 0 Å². The fourth-order valence-corrected chi connectivity index (χ4v) is 0.865. The lowest BCUT2D eigenvalue weighted by atomic mass is 10.8. The maximum atomic E-state index is 10.4. The van der Waals surface area contributed by atoms with Crippen molar-refractivity contribution in [2.24, 2.45) is 0 Å². The van der Waals surface area contributed by atoms with E-state index in [1.165, 1.54) is 0 Å². The normalized spacial score (nSPS) is 8.67. The lowest BCUT2D eigenvalue weighted by Gasteiger charge is -1.99. The van der Waals surface area contributed by atoms with Crippen LogP contribution in [0.5, 0.6) is 0 Å². The minimum atomic E-state index is -2.31. The monoisotopic (exact) mass is 150 g/mol. The van der Waals surface area contributed by atoms with Crippen molar-refractivity contribution in [1.82, 2.24) is 0 Å². The summed E-state index contributed by atoms with van der Waals surface area (Å²) in [4.78, 5) is 0. The summed E-state index contributed by atoms with van der Waals surface area (Å²) in [5.74, 6) is 0. The van der Waals surface area contributed by atoms with Gasteiger partial charge in [-0.3, -0.25) is 4.46 Å². The zero-order chi connectivity index (χ0) is 7.11. The number of aliphatic hydroxyl groups is 1. The van der Waals surface area contributed by atoms with Crippen LogP contribution in [0, 0.1) is 0 Å². The average Bonchev–Trinajstić information content (AvgIpc) is 1.85. The molecular weight excluding hydrogens is 140 g/mol. The van der Waals surface area contributed by atoms with E-state index in [2.05, 4.69) is 8.85 Å². The van der Waals surface area contributed by atoms with Gasteiger partial charge in [0.25, 0.3) is 0 Å². The van der Waals surface area contributed by atoms with Gasteiger partial charge >= 0.3 is 9.17 Å². The van der Waals surface area contributed by atoms with E-state index in [1.807, 2.05) is 0 Å². The van der Waals surface area contributed by atoms with Gasteiger partial charge in [0, 0.05) is 0 Å². The van der Waals surface area contributed by atoms with Crippen molar-refractivity contribution >= 4 is 9.17 Å². The van der Waals surface area contributed by atoms with E-state index < -0.39 is 9.17 Å². The number of rotatable bonds is 5. The van der Waals surface area contributed by atoms with Gasteiger partial charge in [-0.25, -0.2) is 0 Å². The first-order chi connectivity index (χ1) is 4.31. The third-order valence-corrected chi connectivity index (χ3v) is 1.54. The second kappa shape index (κ2) is 5.71. The second-order valence-electron chi connectivity index (χ2n) is 1.26. The number of hydrogen-bond acceptors (Lipinski definition) is 4. The molecule has 0 saturated carbocycles. The predicted molar refractivity (Wildman–Crippen MR) is 31.1 cm³/mol. The van der Waals surface area contributed by atoms with Gasteiger partial charge in [0.1, 0.15) is 0 Å². The molecule has 0 saturated heterocycles. The molecular formula is C4H10O4Si. The van der Waals surface area contributed by atoms with Crippen LogP contribution in [-0.2, 0) is 13.3 Å². The summed E-state index contributed by atoms with van der Waals surface area (Å²) in [5, 5.41) is 8.18. The smallest absolute Gasteiger partial charge is 0.496 e. The van der Waals surface area contributed by atoms with Crippen molar-refractivity contribution in [3.8, 4) is 0 Å². The third-order valence-electron chi connectivity index (χ3n) is 0.573. The zero-order valence-corrected chi connectivity index (χ0v) is 6.29. The van der Waals surface area contributed by atoms with Crippen LogP contribution >= 0.6 is 0 Å². The molecule has 0 aliphatic carbocycles. The molecule has 9 heavy (non-hydrogen) atoms. The molecule has 0 unspecified atom stereocenters. The predicted octanol–water partition coefficient (Wildman–Crippen LogP) is -0.553. The Hall–Kier alpha value is -0.423. The average molecular weight is 150 g/mol. The van der Waals surface area contributed by atoms with Crippen LogP contribution in [0.1, 0.15) is 6.92 Å². The molecule has 5 heteroatoms. The van der Waals surface area contributed by atoms with Crippen molar-refractivity contribution in [2.75, 3.05) is 19.8 Å². The molecule has 0 aromatic heterocycles. The zero-order valence-electron chi connectivity index (χ0n) is 5.29. The molecule has 1 N–H and O–H groups in total. The standard InChI is InChI=1S/C4H10O4Si/c1-2-7-9(6)8-4-3-5/h5H,2-4H2,1H3. The van der Waals surface area contributed by atoms with Crippen molar-refractivity contribution in [3.05, 3.63) is 0 Å². The fourth-order valence-electron chi connectivity index (χ4n) is 0.288. The molecule has 0 rings (SSSR count). The van der Waals surface area contributed by atoms with Crippen LogP contribution < -0.4 is 0 Å². The SMILES string of the molecule is CCO[Si](=O)OCCO. The Kier molecular flexibility index (Phi) is 5.44. The number of aliphatic hydroxyl groups excluding tert-OH is 1. The second-order valence-corrected chi connectivity index (χ2v) is 2.33. The number of hydrogen-bond donors (Lipinski definition) is 1. The molecule has 4 nitrogen and oxygen atoms in total. The van der Waals surface area contributed by atoms with Crippen molar-refractivity contribution < 1.29 is 18.4 Å². The van der Waals surface area contributed by atoms with Crippen LogP contribution in [0.2, 0.25) is 0 Å². The molecule has 0 bridgehead atoms. The highest BCUT2D eigenvalue weighted by molar-refractivity contribution is 6.26. The highest BCUT2D eigenvalue weighted by Crippen LogP contribution is 1.76. The van der Waals surface area contributed by atoms with Gasteiger partial charge in [-0.05, 0) is 6.92 Å². The van der Waals surface area contributed by atoms with Crippen molar-refractivity contribution in [2.45, 2.75) is 6.92 Å². The Morgan fingerprint density at radius 1 is 1.56 bits per heavy atom. The molecule has 0 spiro atoms. The minimum absolute atomic E-state index is 0.0811. The third kappa shape index (κ3) is 5.45. The summed E-state index contributed by atoms with van der Waals surface area (Å²) >= 11 is 0. The molecule has 0 amide bonds.